The first-order valence-corrected chi connectivity index (χ1v) is 5.09. The number of nitrogens with zero attached hydrogens (tertiary/aromatic N) is 1. The van der Waals surface area contributed by atoms with Crippen LogP contribution in [0, 0.1) is 10.1 Å². The van der Waals surface area contributed by atoms with Crippen LogP contribution in [-0.2, 0) is 16.1 Å². The molecule has 0 radical (unpaired) electrons. The molecule has 0 aliphatic rings. The number of nitro groups is 1. The van der Waals surface area contributed by atoms with E-state index in [9.17, 15) is 14.9 Å². The Balaban J connectivity index is 2.60. The zero-order valence-electron chi connectivity index (χ0n) is 9.67. The van der Waals surface area contributed by atoms with Gasteiger partial charge in [-0.1, -0.05) is 12.1 Å². The van der Waals surface area contributed by atoms with Crippen molar-refractivity contribution < 1.29 is 14.5 Å². The van der Waals surface area contributed by atoms with Crippen molar-refractivity contribution in [3.63, 3.8) is 0 Å². The van der Waals surface area contributed by atoms with Crippen molar-refractivity contribution in [3.8, 4) is 0 Å². The van der Waals surface area contributed by atoms with Crippen molar-refractivity contribution in [2.45, 2.75) is 19.5 Å². The van der Waals surface area contributed by atoms with Gasteiger partial charge in [-0.05, 0) is 12.5 Å². The maximum Gasteiger partial charge on any atom is 0.322 e. The molecule has 1 aromatic carbocycles. The highest BCUT2D eigenvalue weighted by molar-refractivity contribution is 5.75. The Hall–Kier alpha value is -1.95. The molecule has 0 fully saturated rings. The van der Waals surface area contributed by atoms with Crippen molar-refractivity contribution >= 4 is 11.7 Å². The minimum Gasteiger partial charge on any atom is -0.468 e. The molecule has 0 heterocycles. The average molecular weight is 238 g/mol. The molecule has 1 N–H and O–H groups in total. The van der Waals surface area contributed by atoms with Gasteiger partial charge in [0.2, 0.25) is 0 Å². The topological polar surface area (TPSA) is 81.5 Å². The van der Waals surface area contributed by atoms with Gasteiger partial charge >= 0.3 is 5.97 Å². The SMILES string of the molecule is COC(=O)[C@H](C)NCc1cccc([N+](=O)[O-])c1. The lowest BCUT2D eigenvalue weighted by Gasteiger charge is -2.11. The van der Waals surface area contributed by atoms with Crippen LogP contribution < -0.4 is 5.32 Å². The third-order valence-electron chi connectivity index (χ3n) is 2.29. The molecule has 0 aliphatic carbocycles. The second-order valence-corrected chi connectivity index (χ2v) is 3.55. The molecule has 1 atom stereocenters. The number of methoxy groups -OCH3 is 1. The summed E-state index contributed by atoms with van der Waals surface area (Å²) in [6, 6.07) is 5.81. The van der Waals surface area contributed by atoms with Gasteiger partial charge in [0.25, 0.3) is 5.69 Å². The number of esters is 1. The smallest absolute Gasteiger partial charge is 0.322 e. The fourth-order valence-corrected chi connectivity index (χ4v) is 1.31. The van der Waals surface area contributed by atoms with Gasteiger partial charge in [-0.15, -0.1) is 0 Å². The van der Waals surface area contributed by atoms with E-state index >= 15 is 0 Å². The number of hydrogen-bond acceptors (Lipinski definition) is 5. The zero-order valence-corrected chi connectivity index (χ0v) is 9.67. The number of carbonyl (C=O) groups is 1. The lowest BCUT2D eigenvalue weighted by atomic mass is 10.2. The number of benzene rings is 1. The number of non-ortho nitro benzene ring substituents is 1. The lowest BCUT2D eigenvalue weighted by Crippen LogP contribution is -2.34. The van der Waals surface area contributed by atoms with Crippen molar-refractivity contribution in [3.05, 3.63) is 39.9 Å². The zero-order chi connectivity index (χ0) is 12.8. The highest BCUT2D eigenvalue weighted by Crippen LogP contribution is 2.12. The largest absolute Gasteiger partial charge is 0.468 e. The molecule has 92 valence electrons. The third-order valence-corrected chi connectivity index (χ3v) is 2.29. The molecule has 1 aromatic rings. The monoisotopic (exact) mass is 238 g/mol. The van der Waals surface area contributed by atoms with Crippen LogP contribution in [-0.4, -0.2) is 24.0 Å². The normalized spacial score (nSPS) is 11.9. The average Bonchev–Trinajstić information content (AvgIpc) is 2.35. The van der Waals surface area contributed by atoms with Crippen LogP contribution in [0.1, 0.15) is 12.5 Å². The van der Waals surface area contributed by atoms with Crippen molar-refractivity contribution in [1.82, 2.24) is 5.32 Å². The molecule has 6 nitrogen and oxygen atoms in total. The maximum absolute atomic E-state index is 11.1. The van der Waals surface area contributed by atoms with Gasteiger partial charge in [0.05, 0.1) is 12.0 Å². The van der Waals surface area contributed by atoms with Crippen LogP contribution in [0.25, 0.3) is 0 Å². The summed E-state index contributed by atoms with van der Waals surface area (Å²) in [5, 5.41) is 13.5. The Bertz CT molecular complexity index is 420. The van der Waals surface area contributed by atoms with Crippen LogP contribution in [0.2, 0.25) is 0 Å². The predicted octanol–water partition coefficient (Wildman–Crippen LogP) is 1.25. The summed E-state index contributed by atoms with van der Waals surface area (Å²) >= 11 is 0. The fourth-order valence-electron chi connectivity index (χ4n) is 1.31. The van der Waals surface area contributed by atoms with Gasteiger partial charge in [-0.25, -0.2) is 0 Å². The number of nitro benzene ring substituents is 1. The Morgan fingerprint density at radius 1 is 1.59 bits per heavy atom. The Morgan fingerprint density at radius 3 is 2.88 bits per heavy atom. The van der Waals surface area contributed by atoms with Crippen LogP contribution in [0.5, 0.6) is 0 Å². The van der Waals surface area contributed by atoms with Crippen LogP contribution in [0.4, 0.5) is 5.69 Å². The molecular formula is C11H14N2O4. The first-order valence-electron chi connectivity index (χ1n) is 5.09. The Kier molecular flexibility index (Phi) is 4.59. The minimum atomic E-state index is -0.451. The van der Waals surface area contributed by atoms with Gasteiger partial charge < -0.3 is 10.1 Å². The number of hydrogen-bond donors (Lipinski definition) is 1. The van der Waals surface area contributed by atoms with E-state index in [0.717, 1.165) is 5.56 Å². The molecule has 0 bridgehead atoms. The molecule has 0 aromatic heterocycles. The van der Waals surface area contributed by atoms with E-state index in [1.165, 1.54) is 19.2 Å². The van der Waals surface area contributed by atoms with Crippen molar-refractivity contribution in [2.24, 2.45) is 0 Å². The molecule has 0 amide bonds. The van der Waals surface area contributed by atoms with Crippen LogP contribution in [0.15, 0.2) is 24.3 Å². The summed E-state index contributed by atoms with van der Waals surface area (Å²) in [6.45, 7) is 2.04. The number of nitrogens with one attached hydrogen (secondary N) is 1. The molecular weight excluding hydrogens is 224 g/mol. The lowest BCUT2D eigenvalue weighted by molar-refractivity contribution is -0.384. The summed E-state index contributed by atoms with van der Waals surface area (Å²) in [5.41, 5.74) is 0.782. The number of rotatable bonds is 5. The molecule has 1 rings (SSSR count). The Morgan fingerprint density at radius 2 is 2.29 bits per heavy atom. The van der Waals surface area contributed by atoms with Crippen LogP contribution in [0.3, 0.4) is 0 Å². The second kappa shape index (κ2) is 5.95. The van der Waals surface area contributed by atoms with Crippen molar-refractivity contribution in [1.29, 1.82) is 0 Å². The van der Waals surface area contributed by atoms with E-state index in [0.29, 0.717) is 6.54 Å². The number of ether oxygens (including phenoxy) is 1. The molecule has 0 aliphatic heterocycles. The second-order valence-electron chi connectivity index (χ2n) is 3.55. The van der Waals surface area contributed by atoms with Gasteiger partial charge in [-0.2, -0.15) is 0 Å². The van der Waals surface area contributed by atoms with E-state index in [4.69, 9.17) is 0 Å². The summed E-state index contributed by atoms with van der Waals surface area (Å²) in [6.07, 6.45) is 0. The van der Waals surface area contributed by atoms with Gasteiger partial charge in [0.15, 0.2) is 0 Å². The molecule has 6 heteroatoms. The van der Waals surface area contributed by atoms with E-state index < -0.39 is 11.0 Å². The maximum atomic E-state index is 11.1. The minimum absolute atomic E-state index is 0.0371. The van der Waals surface area contributed by atoms with E-state index in [2.05, 4.69) is 10.1 Å². The van der Waals surface area contributed by atoms with Gasteiger partial charge in [0, 0.05) is 18.7 Å². The molecule has 0 spiro atoms. The molecule has 17 heavy (non-hydrogen) atoms. The van der Waals surface area contributed by atoms with Crippen molar-refractivity contribution in [2.75, 3.05) is 7.11 Å². The van der Waals surface area contributed by atoms with Crippen LogP contribution >= 0.6 is 0 Å². The fraction of sp³-hybridized carbons (Fsp3) is 0.364. The standard InChI is InChI=1S/C11H14N2O4/c1-8(11(14)17-2)12-7-9-4-3-5-10(6-9)13(15)16/h3-6,8,12H,7H2,1-2H3/t8-/m0/s1. The summed E-state index contributed by atoms with van der Waals surface area (Å²) < 4.78 is 4.55. The summed E-state index contributed by atoms with van der Waals surface area (Å²) in [4.78, 5) is 21.2. The van der Waals surface area contributed by atoms with Gasteiger partial charge in [0.1, 0.15) is 6.04 Å². The summed E-state index contributed by atoms with van der Waals surface area (Å²) in [5.74, 6) is -0.365. The summed E-state index contributed by atoms with van der Waals surface area (Å²) in [7, 11) is 1.31. The molecule has 0 saturated carbocycles. The first kappa shape index (κ1) is 13.1. The Labute approximate surface area is 98.7 Å². The quantitative estimate of drug-likeness (QED) is 0.474. The number of carbonyl (C=O) groups excluding carboxylic acids is 1. The van der Waals surface area contributed by atoms with E-state index in [1.807, 2.05) is 0 Å². The molecule has 0 unspecified atom stereocenters. The van der Waals surface area contributed by atoms with Gasteiger partial charge in [-0.3, -0.25) is 14.9 Å². The first-order chi connectivity index (χ1) is 8.04. The molecule has 0 saturated heterocycles. The highest BCUT2D eigenvalue weighted by atomic mass is 16.6. The highest BCUT2D eigenvalue weighted by Gasteiger charge is 2.12. The third kappa shape index (κ3) is 3.84. The predicted molar refractivity (Wildman–Crippen MR) is 61.4 cm³/mol. The van der Waals surface area contributed by atoms with E-state index in [-0.39, 0.29) is 11.7 Å². The van der Waals surface area contributed by atoms with E-state index in [1.54, 1.807) is 19.1 Å².